The molecule has 1 fully saturated rings. The first-order valence-electron chi connectivity index (χ1n) is 10.0. The molecular weight excluding hydrogens is 486 g/mol. The lowest BCUT2D eigenvalue weighted by molar-refractivity contribution is -0.133. The molecule has 1 aromatic rings. The van der Waals surface area contributed by atoms with Gasteiger partial charge in [-0.15, -0.1) is 0 Å². The summed E-state index contributed by atoms with van der Waals surface area (Å²) in [6, 6.07) is 2.01. The number of carbonyl (C=O) groups is 2. The van der Waals surface area contributed by atoms with Crippen LogP contribution in [0.4, 0.5) is 22.4 Å². The molecule has 9 nitrogen and oxygen atoms in total. The van der Waals surface area contributed by atoms with Gasteiger partial charge in [-0.3, -0.25) is 4.79 Å². The fourth-order valence-corrected chi connectivity index (χ4v) is 3.61. The molecule has 0 saturated carbocycles. The molecule has 0 radical (unpaired) electrons. The highest BCUT2D eigenvalue weighted by atomic mass is 32.2. The zero-order valence-electron chi connectivity index (χ0n) is 18.5. The SMILES string of the molecule is CC(C)(C)OC(=O)NC(Cc1ccc(OS(=O)(=O)C(F)(F)F)cc1F)C(=O)N1CCC[C@H]1C#N. The van der Waals surface area contributed by atoms with Gasteiger partial charge in [-0.2, -0.15) is 26.9 Å². The minimum Gasteiger partial charge on any atom is -0.444 e. The highest BCUT2D eigenvalue weighted by Crippen LogP contribution is 2.28. The molecule has 0 aliphatic carbocycles. The smallest absolute Gasteiger partial charge is 0.444 e. The summed E-state index contributed by atoms with van der Waals surface area (Å²) >= 11 is 0. The molecule has 2 amide bonds. The fraction of sp³-hybridized carbons (Fsp3) is 0.550. The number of nitrogens with zero attached hydrogens (tertiary/aromatic N) is 2. The zero-order chi connectivity index (χ0) is 25.9. The van der Waals surface area contributed by atoms with Crippen LogP contribution in [0.1, 0.15) is 39.2 Å². The molecule has 0 spiro atoms. The van der Waals surface area contributed by atoms with Gasteiger partial charge in [0.1, 0.15) is 29.3 Å². The van der Waals surface area contributed by atoms with Crippen LogP contribution >= 0.6 is 0 Å². The van der Waals surface area contributed by atoms with Crippen molar-refractivity contribution in [3.05, 3.63) is 29.6 Å². The lowest BCUT2D eigenvalue weighted by Crippen LogP contribution is -2.51. The molecule has 14 heteroatoms. The van der Waals surface area contributed by atoms with Gasteiger partial charge in [0.25, 0.3) is 0 Å². The predicted molar refractivity (Wildman–Crippen MR) is 109 cm³/mol. The van der Waals surface area contributed by atoms with E-state index in [4.69, 9.17) is 4.74 Å². The van der Waals surface area contributed by atoms with Crippen molar-refractivity contribution in [2.24, 2.45) is 0 Å². The highest BCUT2D eigenvalue weighted by Gasteiger charge is 2.48. The molecule has 0 aromatic heterocycles. The third-order valence-electron chi connectivity index (χ3n) is 4.61. The number of benzene rings is 1. The Bertz CT molecular complexity index is 1080. The molecule has 1 aliphatic heterocycles. The first-order chi connectivity index (χ1) is 15.5. The van der Waals surface area contributed by atoms with Crippen LogP contribution in [0.15, 0.2) is 18.2 Å². The van der Waals surface area contributed by atoms with Gasteiger partial charge in [0, 0.05) is 19.0 Å². The molecule has 1 heterocycles. The first-order valence-corrected chi connectivity index (χ1v) is 11.4. The van der Waals surface area contributed by atoms with Gasteiger partial charge in [-0.1, -0.05) is 6.07 Å². The van der Waals surface area contributed by atoms with Gasteiger partial charge < -0.3 is 19.1 Å². The number of alkyl carbamates (subject to hydrolysis) is 1. The summed E-state index contributed by atoms with van der Waals surface area (Å²) in [6.45, 7) is 5.00. The van der Waals surface area contributed by atoms with Gasteiger partial charge in [0.05, 0.1) is 6.07 Å². The summed E-state index contributed by atoms with van der Waals surface area (Å²) in [7, 11) is -6.00. The summed E-state index contributed by atoms with van der Waals surface area (Å²) in [5, 5.41) is 11.6. The summed E-state index contributed by atoms with van der Waals surface area (Å²) in [5.74, 6) is -2.77. The Hall–Kier alpha value is -3.08. The number of nitrogens with one attached hydrogen (secondary N) is 1. The van der Waals surface area contributed by atoms with Crippen LogP contribution in [0.25, 0.3) is 0 Å². The van der Waals surface area contributed by atoms with E-state index < -0.39 is 63.3 Å². The average Bonchev–Trinajstić information content (AvgIpc) is 3.15. The van der Waals surface area contributed by atoms with Crippen LogP contribution in [-0.4, -0.2) is 55.1 Å². The van der Waals surface area contributed by atoms with E-state index >= 15 is 0 Å². The zero-order valence-corrected chi connectivity index (χ0v) is 19.3. The third-order valence-corrected chi connectivity index (χ3v) is 5.59. The maximum atomic E-state index is 14.6. The average molecular weight is 509 g/mol. The van der Waals surface area contributed by atoms with Crippen LogP contribution in [-0.2, 0) is 26.1 Å². The van der Waals surface area contributed by atoms with Crippen molar-refractivity contribution in [2.45, 2.75) is 63.2 Å². The molecule has 2 rings (SSSR count). The minimum atomic E-state index is -6.00. The first kappa shape index (κ1) is 27.2. The van der Waals surface area contributed by atoms with E-state index in [1.807, 2.05) is 6.07 Å². The van der Waals surface area contributed by atoms with E-state index in [1.54, 1.807) is 20.8 Å². The molecule has 0 bridgehead atoms. The molecule has 1 N–H and O–H groups in total. The van der Waals surface area contributed by atoms with Crippen molar-refractivity contribution in [2.75, 3.05) is 6.54 Å². The number of nitriles is 1. The maximum absolute atomic E-state index is 14.6. The highest BCUT2D eigenvalue weighted by molar-refractivity contribution is 7.88. The van der Waals surface area contributed by atoms with Gasteiger partial charge >= 0.3 is 21.7 Å². The molecule has 34 heavy (non-hydrogen) atoms. The predicted octanol–water partition coefficient (Wildman–Crippen LogP) is 3.00. The number of hydrogen-bond donors (Lipinski definition) is 1. The van der Waals surface area contributed by atoms with Gasteiger partial charge in [-0.05, 0) is 45.2 Å². The van der Waals surface area contributed by atoms with Crippen molar-refractivity contribution < 1.29 is 44.5 Å². The molecule has 188 valence electrons. The van der Waals surface area contributed by atoms with E-state index in [1.165, 1.54) is 4.90 Å². The summed E-state index contributed by atoms with van der Waals surface area (Å²) < 4.78 is 83.3. The Balaban J connectivity index is 2.28. The number of rotatable bonds is 6. The number of halogens is 4. The van der Waals surface area contributed by atoms with E-state index in [0.717, 1.165) is 12.1 Å². The second kappa shape index (κ2) is 10.0. The van der Waals surface area contributed by atoms with Crippen LogP contribution in [0.2, 0.25) is 0 Å². The molecule has 1 aliphatic rings. The van der Waals surface area contributed by atoms with Gasteiger partial charge in [0.2, 0.25) is 5.91 Å². The second-order valence-corrected chi connectivity index (χ2v) is 10.00. The summed E-state index contributed by atoms with van der Waals surface area (Å²) in [4.78, 5) is 26.6. The fourth-order valence-electron chi connectivity index (χ4n) is 3.15. The largest absolute Gasteiger partial charge is 0.534 e. The summed E-state index contributed by atoms with van der Waals surface area (Å²) in [5.41, 5.74) is -6.84. The Morgan fingerprint density at radius 1 is 1.29 bits per heavy atom. The van der Waals surface area contributed by atoms with Crippen LogP contribution < -0.4 is 9.50 Å². The number of ether oxygens (including phenoxy) is 1. The number of amides is 2. The van der Waals surface area contributed by atoms with E-state index in [9.17, 15) is 40.8 Å². The number of likely N-dealkylation sites (tertiary alicyclic amines) is 1. The standard InChI is InChI=1S/C20H23F4N3O6S/c1-19(2,3)32-18(29)26-16(17(28)27-8-4-5-13(27)11-25)9-12-6-7-14(10-15(12)21)33-34(30,31)20(22,23)24/h6-7,10,13,16H,4-5,8-9H2,1-3H3,(H,26,29)/t13-,16?/m0/s1. The van der Waals surface area contributed by atoms with E-state index in [-0.39, 0.29) is 12.1 Å². The number of carbonyl (C=O) groups excluding carboxylic acids is 2. The summed E-state index contributed by atoms with van der Waals surface area (Å²) in [6.07, 6.45) is -0.451. The van der Waals surface area contributed by atoms with Crippen LogP contribution in [0.3, 0.4) is 0 Å². The second-order valence-electron chi connectivity index (χ2n) is 8.46. The van der Waals surface area contributed by atoms with Crippen molar-refractivity contribution >= 4 is 22.1 Å². The maximum Gasteiger partial charge on any atom is 0.534 e. The van der Waals surface area contributed by atoms with Crippen molar-refractivity contribution in [3.8, 4) is 11.8 Å². The lowest BCUT2D eigenvalue weighted by Gasteiger charge is -2.28. The van der Waals surface area contributed by atoms with Crippen LogP contribution in [0.5, 0.6) is 5.75 Å². The number of hydrogen-bond acceptors (Lipinski definition) is 7. The monoisotopic (exact) mass is 509 g/mol. The molecule has 1 aromatic carbocycles. The molecule has 1 unspecified atom stereocenters. The Morgan fingerprint density at radius 3 is 2.47 bits per heavy atom. The quantitative estimate of drug-likeness (QED) is 0.355. The van der Waals surface area contributed by atoms with E-state index in [2.05, 4.69) is 9.50 Å². The molecular formula is C20H23F4N3O6S. The third kappa shape index (κ3) is 6.96. The number of alkyl halides is 3. The minimum absolute atomic E-state index is 0.223. The lowest BCUT2D eigenvalue weighted by atomic mass is 10.0. The Labute approximate surface area is 193 Å². The molecule has 1 saturated heterocycles. The van der Waals surface area contributed by atoms with E-state index in [0.29, 0.717) is 18.9 Å². The van der Waals surface area contributed by atoms with Crippen molar-refractivity contribution in [3.63, 3.8) is 0 Å². The Morgan fingerprint density at radius 2 is 1.94 bits per heavy atom. The van der Waals surface area contributed by atoms with Gasteiger partial charge in [0.15, 0.2) is 0 Å². The van der Waals surface area contributed by atoms with Gasteiger partial charge in [-0.25, -0.2) is 9.18 Å². The molecule has 2 atom stereocenters. The van der Waals surface area contributed by atoms with Crippen LogP contribution in [0, 0.1) is 17.1 Å². The normalized spacial score (nSPS) is 17.6. The van der Waals surface area contributed by atoms with Crippen molar-refractivity contribution in [1.82, 2.24) is 10.2 Å². The topological polar surface area (TPSA) is 126 Å². The van der Waals surface area contributed by atoms with Crippen molar-refractivity contribution in [1.29, 1.82) is 5.26 Å². The Kier molecular flexibility index (Phi) is 8.02.